The topological polar surface area (TPSA) is 55.4 Å². The maximum Gasteiger partial charge on any atom is 0.223 e. The van der Waals surface area contributed by atoms with Gasteiger partial charge in [-0.05, 0) is 37.5 Å². The van der Waals surface area contributed by atoms with Crippen LogP contribution in [0.1, 0.15) is 59.1 Å². The van der Waals surface area contributed by atoms with Crippen molar-refractivity contribution in [2.45, 2.75) is 77.7 Å². The van der Waals surface area contributed by atoms with Gasteiger partial charge in [0.25, 0.3) is 0 Å². The Morgan fingerprint density at radius 3 is 2.16 bits per heavy atom. The Labute approximate surface area is 153 Å². The molecular weight excluding hydrogens is 330 g/mol. The molecule has 0 aliphatic rings. The Hall–Kier alpha value is -1.46. The Balaban J connectivity index is 2.74. The SMILES string of the molecule is CC(=O)C[C@H](CC(=O)N[C@@H](C)c1ccccc1)O[Si](C)(C)C(C)(C)C. The summed E-state index contributed by atoms with van der Waals surface area (Å²) in [5.41, 5.74) is 1.06. The van der Waals surface area contributed by atoms with Crippen molar-refractivity contribution in [3.05, 3.63) is 35.9 Å². The van der Waals surface area contributed by atoms with E-state index in [1.54, 1.807) is 6.92 Å². The first-order valence-electron chi connectivity index (χ1n) is 8.94. The third-order valence-corrected chi connectivity index (χ3v) is 9.41. The largest absolute Gasteiger partial charge is 0.413 e. The quantitative estimate of drug-likeness (QED) is 0.686. The zero-order valence-electron chi connectivity index (χ0n) is 16.7. The van der Waals surface area contributed by atoms with Gasteiger partial charge in [-0.1, -0.05) is 51.1 Å². The number of hydrogen-bond donors (Lipinski definition) is 1. The molecule has 1 aromatic rings. The van der Waals surface area contributed by atoms with Crippen LogP contribution in [0.5, 0.6) is 0 Å². The monoisotopic (exact) mass is 363 g/mol. The van der Waals surface area contributed by atoms with Crippen LogP contribution in [0.15, 0.2) is 30.3 Å². The van der Waals surface area contributed by atoms with E-state index < -0.39 is 8.32 Å². The van der Waals surface area contributed by atoms with Crippen LogP contribution in [0, 0.1) is 0 Å². The Kier molecular flexibility index (Phi) is 7.56. The lowest BCUT2D eigenvalue weighted by molar-refractivity contribution is -0.124. The molecule has 140 valence electrons. The molecule has 0 aromatic heterocycles. The lowest BCUT2D eigenvalue weighted by atomic mass is 10.1. The van der Waals surface area contributed by atoms with Crippen molar-refractivity contribution in [1.82, 2.24) is 5.32 Å². The number of carbonyl (C=O) groups is 2. The van der Waals surface area contributed by atoms with E-state index in [0.29, 0.717) is 0 Å². The first-order valence-corrected chi connectivity index (χ1v) is 11.8. The van der Waals surface area contributed by atoms with Crippen LogP contribution in [-0.2, 0) is 14.0 Å². The van der Waals surface area contributed by atoms with E-state index in [2.05, 4.69) is 39.2 Å². The third kappa shape index (κ3) is 7.12. The highest BCUT2D eigenvalue weighted by Gasteiger charge is 2.39. The van der Waals surface area contributed by atoms with Crippen LogP contribution in [-0.4, -0.2) is 26.1 Å². The number of nitrogens with one attached hydrogen (secondary N) is 1. The molecule has 1 amide bonds. The van der Waals surface area contributed by atoms with Crippen molar-refractivity contribution in [3.8, 4) is 0 Å². The second-order valence-electron chi connectivity index (χ2n) is 8.31. The van der Waals surface area contributed by atoms with E-state index in [4.69, 9.17) is 4.43 Å². The summed E-state index contributed by atoms with van der Waals surface area (Å²) in [6.45, 7) is 14.3. The molecular formula is C20H33NO3Si. The Morgan fingerprint density at radius 2 is 1.68 bits per heavy atom. The van der Waals surface area contributed by atoms with Gasteiger partial charge in [0.2, 0.25) is 5.91 Å². The van der Waals surface area contributed by atoms with Gasteiger partial charge in [0.1, 0.15) is 5.78 Å². The fourth-order valence-electron chi connectivity index (χ4n) is 2.40. The maximum atomic E-state index is 12.5. The second kappa shape index (κ2) is 8.76. The van der Waals surface area contributed by atoms with Gasteiger partial charge in [-0.15, -0.1) is 0 Å². The predicted molar refractivity (Wildman–Crippen MR) is 105 cm³/mol. The van der Waals surface area contributed by atoms with Crippen LogP contribution >= 0.6 is 0 Å². The molecule has 0 spiro atoms. The molecule has 0 saturated carbocycles. The number of amides is 1. The third-order valence-electron chi connectivity index (χ3n) is 4.87. The summed E-state index contributed by atoms with van der Waals surface area (Å²) < 4.78 is 6.33. The minimum atomic E-state index is -2.04. The van der Waals surface area contributed by atoms with Crippen LogP contribution in [0.3, 0.4) is 0 Å². The maximum absolute atomic E-state index is 12.5. The van der Waals surface area contributed by atoms with E-state index in [9.17, 15) is 9.59 Å². The van der Waals surface area contributed by atoms with Gasteiger partial charge >= 0.3 is 0 Å². The van der Waals surface area contributed by atoms with Gasteiger partial charge in [-0.2, -0.15) is 0 Å². The lowest BCUT2D eigenvalue weighted by Gasteiger charge is -2.39. The molecule has 0 aliphatic carbocycles. The van der Waals surface area contributed by atoms with Gasteiger partial charge in [-0.3, -0.25) is 9.59 Å². The molecule has 0 bridgehead atoms. The zero-order chi connectivity index (χ0) is 19.3. The summed E-state index contributed by atoms with van der Waals surface area (Å²) in [6, 6.07) is 9.77. The molecule has 1 rings (SSSR count). The molecule has 1 N–H and O–H groups in total. The molecule has 0 heterocycles. The molecule has 25 heavy (non-hydrogen) atoms. The van der Waals surface area contributed by atoms with Crippen LogP contribution in [0.25, 0.3) is 0 Å². The standard InChI is InChI=1S/C20H33NO3Si/c1-15(22)13-18(24-25(6,7)20(3,4)5)14-19(23)21-16(2)17-11-9-8-10-12-17/h8-12,16,18H,13-14H2,1-7H3,(H,21,23)/t16-,18+/m0/s1. The highest BCUT2D eigenvalue weighted by Crippen LogP contribution is 2.38. The molecule has 0 fully saturated rings. The zero-order valence-corrected chi connectivity index (χ0v) is 17.7. The summed E-state index contributed by atoms with van der Waals surface area (Å²) >= 11 is 0. The first-order chi connectivity index (χ1) is 11.4. The number of carbonyl (C=O) groups excluding carboxylic acids is 2. The van der Waals surface area contributed by atoms with Crippen molar-refractivity contribution < 1.29 is 14.0 Å². The molecule has 0 unspecified atom stereocenters. The summed E-state index contributed by atoms with van der Waals surface area (Å²) in [7, 11) is -2.04. The highest BCUT2D eigenvalue weighted by molar-refractivity contribution is 6.74. The molecule has 1 aromatic carbocycles. The fraction of sp³-hybridized carbons (Fsp3) is 0.600. The van der Waals surface area contributed by atoms with Crippen molar-refractivity contribution in [2.75, 3.05) is 0 Å². The molecule has 0 saturated heterocycles. The minimum absolute atomic E-state index is 0.0375. The number of hydrogen-bond acceptors (Lipinski definition) is 3. The van der Waals surface area contributed by atoms with Gasteiger partial charge in [0.05, 0.1) is 18.6 Å². The van der Waals surface area contributed by atoms with Crippen molar-refractivity contribution in [1.29, 1.82) is 0 Å². The average Bonchev–Trinajstić information content (AvgIpc) is 2.45. The van der Waals surface area contributed by atoms with Gasteiger partial charge in [0, 0.05) is 6.42 Å². The molecule has 0 radical (unpaired) electrons. The Morgan fingerprint density at radius 1 is 1.12 bits per heavy atom. The predicted octanol–water partition coefficient (Wildman–Crippen LogP) is 4.62. The molecule has 4 nitrogen and oxygen atoms in total. The summed E-state index contributed by atoms with van der Waals surface area (Å²) in [6.07, 6.45) is 0.129. The van der Waals surface area contributed by atoms with Crippen LogP contribution in [0.2, 0.25) is 18.1 Å². The van der Waals surface area contributed by atoms with E-state index in [-0.39, 0.29) is 41.7 Å². The van der Waals surface area contributed by atoms with E-state index in [1.165, 1.54) is 0 Å². The number of ketones is 1. The second-order valence-corrected chi connectivity index (χ2v) is 13.1. The normalized spacial score (nSPS) is 14.7. The first kappa shape index (κ1) is 21.6. The Bertz CT molecular complexity index is 578. The van der Waals surface area contributed by atoms with Crippen LogP contribution < -0.4 is 5.32 Å². The minimum Gasteiger partial charge on any atom is -0.413 e. The number of rotatable bonds is 8. The fourth-order valence-corrected chi connectivity index (χ4v) is 3.76. The molecule has 0 aliphatic heterocycles. The van der Waals surface area contributed by atoms with E-state index in [0.717, 1.165) is 5.56 Å². The number of Topliss-reactive ketones (excluding diaryl/α,β-unsaturated/α-hetero) is 1. The molecule has 2 atom stereocenters. The van der Waals surface area contributed by atoms with E-state index in [1.807, 2.05) is 37.3 Å². The average molecular weight is 364 g/mol. The summed E-state index contributed by atoms with van der Waals surface area (Å²) in [5, 5.41) is 3.05. The van der Waals surface area contributed by atoms with E-state index >= 15 is 0 Å². The summed E-state index contributed by atoms with van der Waals surface area (Å²) in [4.78, 5) is 24.1. The highest BCUT2D eigenvalue weighted by atomic mass is 28.4. The van der Waals surface area contributed by atoms with Crippen LogP contribution in [0.4, 0.5) is 0 Å². The smallest absolute Gasteiger partial charge is 0.223 e. The van der Waals surface area contributed by atoms with Crippen molar-refractivity contribution in [3.63, 3.8) is 0 Å². The number of benzene rings is 1. The van der Waals surface area contributed by atoms with Gasteiger partial charge in [-0.25, -0.2) is 0 Å². The lowest BCUT2D eigenvalue weighted by Crippen LogP contribution is -2.45. The molecule has 5 heteroatoms. The summed E-state index contributed by atoms with van der Waals surface area (Å²) in [5.74, 6) is -0.0334. The van der Waals surface area contributed by atoms with Gasteiger partial charge < -0.3 is 9.74 Å². The van der Waals surface area contributed by atoms with Crippen molar-refractivity contribution in [2.24, 2.45) is 0 Å². The van der Waals surface area contributed by atoms with Gasteiger partial charge in [0.15, 0.2) is 8.32 Å². The van der Waals surface area contributed by atoms with Crippen molar-refractivity contribution >= 4 is 20.0 Å².